The van der Waals surface area contributed by atoms with Gasteiger partial charge in [0.15, 0.2) is 11.8 Å². The van der Waals surface area contributed by atoms with Crippen LogP contribution < -0.4 is 10.6 Å². The zero-order valence-electron chi connectivity index (χ0n) is 20.1. The number of aryl methyl sites for hydroxylation is 1. The fourth-order valence-electron chi connectivity index (χ4n) is 4.71. The summed E-state index contributed by atoms with van der Waals surface area (Å²) >= 11 is 0. The molecule has 9 heteroatoms. The zero-order chi connectivity index (χ0) is 21.7. The highest BCUT2D eigenvalue weighted by Crippen LogP contribution is 2.27. The van der Waals surface area contributed by atoms with Crippen molar-refractivity contribution in [3.05, 3.63) is 11.6 Å². The van der Waals surface area contributed by atoms with Crippen LogP contribution in [0.15, 0.2) is 4.99 Å². The molecule has 1 fully saturated rings. The second kappa shape index (κ2) is 11.8. The maximum absolute atomic E-state index is 5.17. The van der Waals surface area contributed by atoms with E-state index in [0.29, 0.717) is 12.6 Å². The minimum Gasteiger partial charge on any atom is -0.377 e. The van der Waals surface area contributed by atoms with Gasteiger partial charge in [-0.2, -0.15) is 5.10 Å². The number of aromatic nitrogens is 3. The van der Waals surface area contributed by atoms with E-state index in [-0.39, 0.29) is 29.5 Å². The van der Waals surface area contributed by atoms with E-state index in [1.165, 1.54) is 19.5 Å². The Hall–Kier alpha value is -0.940. The average Bonchev–Trinajstić information content (AvgIpc) is 3.07. The number of methoxy groups -OCH3 is 1. The van der Waals surface area contributed by atoms with Gasteiger partial charge < -0.3 is 15.4 Å². The van der Waals surface area contributed by atoms with Crippen LogP contribution in [0.1, 0.15) is 59.1 Å². The number of guanidine groups is 1. The molecule has 1 saturated heterocycles. The second-order valence-corrected chi connectivity index (χ2v) is 9.80. The lowest BCUT2D eigenvalue weighted by molar-refractivity contribution is 0.0512. The van der Waals surface area contributed by atoms with E-state index in [1.54, 1.807) is 7.11 Å². The number of nitrogens with zero attached hydrogens (tertiary/aromatic N) is 5. The number of ether oxygens (including phenoxy) is 1. The van der Waals surface area contributed by atoms with Crippen LogP contribution >= 0.6 is 24.0 Å². The molecule has 0 spiro atoms. The topological polar surface area (TPSA) is 79.6 Å². The number of fused-ring (bicyclic) bond motifs is 1. The third-order valence-electron chi connectivity index (χ3n) is 6.21. The van der Waals surface area contributed by atoms with Crippen molar-refractivity contribution in [2.75, 3.05) is 33.3 Å². The Morgan fingerprint density at radius 2 is 1.94 bits per heavy atom. The highest BCUT2D eigenvalue weighted by molar-refractivity contribution is 14.0. The molecular weight excluding hydrogens is 505 g/mol. The standard InChI is InChI=1S/C22H41N7O.HI/c1-7-23-21(24-15-22(4,5)28-11-16(2)10-17(3)12-28)25-18-8-9-20-26-19(14-30-6)27-29(20)13-18;/h16-18H,7-15H2,1-6H3,(H2,23,24,25);1H. The monoisotopic (exact) mass is 547 g/mol. The number of piperidine rings is 1. The summed E-state index contributed by atoms with van der Waals surface area (Å²) in [6.07, 6.45) is 3.28. The van der Waals surface area contributed by atoms with Crippen LogP contribution in [-0.4, -0.2) is 70.5 Å². The van der Waals surface area contributed by atoms with E-state index in [9.17, 15) is 0 Å². The predicted octanol–water partition coefficient (Wildman–Crippen LogP) is 2.67. The molecule has 2 aliphatic rings. The van der Waals surface area contributed by atoms with E-state index >= 15 is 0 Å². The summed E-state index contributed by atoms with van der Waals surface area (Å²) in [4.78, 5) is 12.2. The first-order valence-electron chi connectivity index (χ1n) is 11.5. The largest absolute Gasteiger partial charge is 0.377 e. The lowest BCUT2D eigenvalue weighted by Gasteiger charge is -2.44. The van der Waals surface area contributed by atoms with Gasteiger partial charge in [-0.1, -0.05) is 13.8 Å². The fourth-order valence-corrected chi connectivity index (χ4v) is 4.71. The molecular formula is C22H42IN7O. The maximum Gasteiger partial charge on any atom is 0.191 e. The third kappa shape index (κ3) is 7.28. The number of hydrogen-bond donors (Lipinski definition) is 2. The molecule has 3 rings (SSSR count). The molecule has 0 aromatic carbocycles. The van der Waals surface area contributed by atoms with Crippen molar-refractivity contribution in [1.82, 2.24) is 30.3 Å². The van der Waals surface area contributed by atoms with Gasteiger partial charge in [0.1, 0.15) is 12.4 Å². The minimum absolute atomic E-state index is 0. The smallest absolute Gasteiger partial charge is 0.191 e. The van der Waals surface area contributed by atoms with Crippen molar-refractivity contribution in [2.24, 2.45) is 16.8 Å². The van der Waals surface area contributed by atoms with E-state index < -0.39 is 0 Å². The van der Waals surface area contributed by atoms with Gasteiger partial charge >= 0.3 is 0 Å². The summed E-state index contributed by atoms with van der Waals surface area (Å²) in [6, 6.07) is 0.297. The molecule has 2 aliphatic heterocycles. The molecule has 0 radical (unpaired) electrons. The molecule has 3 atom stereocenters. The number of hydrogen-bond acceptors (Lipinski definition) is 5. The van der Waals surface area contributed by atoms with Gasteiger partial charge in [0.2, 0.25) is 0 Å². The predicted molar refractivity (Wildman–Crippen MR) is 136 cm³/mol. The van der Waals surface area contributed by atoms with Crippen molar-refractivity contribution in [2.45, 2.75) is 78.6 Å². The summed E-state index contributed by atoms with van der Waals surface area (Å²) in [6.45, 7) is 16.7. The first kappa shape index (κ1) is 26.3. The van der Waals surface area contributed by atoms with Crippen LogP contribution in [-0.2, 0) is 24.3 Å². The van der Waals surface area contributed by atoms with Gasteiger partial charge in [-0.15, -0.1) is 24.0 Å². The number of aliphatic imine (C=N–C) groups is 1. The number of halogens is 1. The van der Waals surface area contributed by atoms with E-state index in [0.717, 1.165) is 61.9 Å². The van der Waals surface area contributed by atoms with Gasteiger partial charge in [-0.3, -0.25) is 9.89 Å². The summed E-state index contributed by atoms with van der Waals surface area (Å²) in [7, 11) is 1.68. The normalized spacial score (nSPS) is 25.0. The SMILES string of the molecule is CCNC(=NCC(C)(C)N1CC(C)CC(C)C1)NC1CCc2nc(COC)nn2C1.I. The molecule has 0 saturated carbocycles. The van der Waals surface area contributed by atoms with E-state index in [1.807, 2.05) is 4.68 Å². The first-order chi connectivity index (χ1) is 14.3. The Balaban J connectivity index is 0.00000341. The van der Waals surface area contributed by atoms with Crippen LogP contribution in [0, 0.1) is 11.8 Å². The quantitative estimate of drug-likeness (QED) is 0.311. The molecule has 0 amide bonds. The molecule has 1 aromatic rings. The van der Waals surface area contributed by atoms with Crippen LogP contribution in [0.25, 0.3) is 0 Å². The molecule has 0 aliphatic carbocycles. The van der Waals surface area contributed by atoms with Crippen LogP contribution in [0.4, 0.5) is 0 Å². The lowest BCUT2D eigenvalue weighted by Crippen LogP contribution is -2.53. The van der Waals surface area contributed by atoms with Crippen molar-refractivity contribution >= 4 is 29.9 Å². The molecule has 1 aromatic heterocycles. The van der Waals surface area contributed by atoms with Crippen LogP contribution in [0.2, 0.25) is 0 Å². The molecule has 178 valence electrons. The first-order valence-corrected chi connectivity index (χ1v) is 11.5. The van der Waals surface area contributed by atoms with E-state index in [4.69, 9.17) is 9.73 Å². The molecule has 31 heavy (non-hydrogen) atoms. The maximum atomic E-state index is 5.17. The fraction of sp³-hybridized carbons (Fsp3) is 0.864. The minimum atomic E-state index is 0. The molecule has 2 N–H and O–H groups in total. The van der Waals surface area contributed by atoms with E-state index in [2.05, 4.69) is 60.2 Å². The zero-order valence-corrected chi connectivity index (χ0v) is 22.5. The Morgan fingerprint density at radius 1 is 1.23 bits per heavy atom. The summed E-state index contributed by atoms with van der Waals surface area (Å²) in [5, 5.41) is 11.6. The third-order valence-corrected chi connectivity index (χ3v) is 6.21. The molecule has 8 nitrogen and oxygen atoms in total. The Kier molecular flexibility index (Phi) is 10.0. The van der Waals surface area contributed by atoms with Crippen LogP contribution in [0.5, 0.6) is 0 Å². The van der Waals surface area contributed by atoms with Gasteiger partial charge in [0, 0.05) is 44.7 Å². The summed E-state index contributed by atoms with van der Waals surface area (Å²) < 4.78 is 7.18. The molecule has 0 bridgehead atoms. The number of rotatable bonds is 7. The highest BCUT2D eigenvalue weighted by Gasteiger charge is 2.32. The van der Waals surface area contributed by atoms with Crippen molar-refractivity contribution in [3.8, 4) is 0 Å². The second-order valence-electron chi connectivity index (χ2n) is 9.80. The summed E-state index contributed by atoms with van der Waals surface area (Å²) in [5.74, 6) is 4.22. The van der Waals surface area contributed by atoms with Crippen LogP contribution in [0.3, 0.4) is 0 Å². The Labute approximate surface area is 205 Å². The van der Waals surface area contributed by atoms with Gasteiger partial charge in [0.25, 0.3) is 0 Å². The van der Waals surface area contributed by atoms with Gasteiger partial charge in [-0.05, 0) is 45.4 Å². The number of likely N-dealkylation sites (tertiary alicyclic amines) is 1. The Morgan fingerprint density at radius 3 is 2.58 bits per heavy atom. The highest BCUT2D eigenvalue weighted by atomic mass is 127. The molecule has 3 unspecified atom stereocenters. The average molecular weight is 548 g/mol. The summed E-state index contributed by atoms with van der Waals surface area (Å²) in [5.41, 5.74) is 0.0476. The van der Waals surface area contributed by atoms with Gasteiger partial charge in [0.05, 0.1) is 13.1 Å². The molecule has 3 heterocycles. The van der Waals surface area contributed by atoms with Gasteiger partial charge in [-0.25, -0.2) is 9.67 Å². The number of nitrogens with one attached hydrogen (secondary N) is 2. The lowest BCUT2D eigenvalue weighted by atomic mass is 9.88. The van der Waals surface area contributed by atoms with Crippen molar-refractivity contribution in [1.29, 1.82) is 0 Å². The Bertz CT molecular complexity index is 711. The van der Waals surface area contributed by atoms with Crippen molar-refractivity contribution in [3.63, 3.8) is 0 Å². The van der Waals surface area contributed by atoms with Crippen molar-refractivity contribution < 1.29 is 4.74 Å².